The first kappa shape index (κ1) is 12.3. The molecule has 0 saturated carbocycles. The Morgan fingerprint density at radius 1 is 1.11 bits per heavy atom. The van der Waals surface area contributed by atoms with E-state index in [2.05, 4.69) is 6.92 Å². The molecule has 0 aliphatic carbocycles. The number of hydrogen-bond donors (Lipinski definition) is 0. The number of hydrogen-bond acceptors (Lipinski definition) is 4. The first-order valence-electron chi connectivity index (χ1n) is 6.21. The van der Waals surface area contributed by atoms with E-state index in [1.165, 1.54) is 4.90 Å². The van der Waals surface area contributed by atoms with Gasteiger partial charge in [-0.2, -0.15) is 0 Å². The molecule has 0 N–H and O–H groups in total. The highest BCUT2D eigenvalue weighted by Crippen LogP contribution is 2.26. The van der Waals surface area contributed by atoms with E-state index >= 15 is 0 Å². The summed E-state index contributed by atoms with van der Waals surface area (Å²) in [6, 6.07) is 6.47. The molecule has 5 nitrogen and oxygen atoms in total. The van der Waals surface area contributed by atoms with Gasteiger partial charge in [-0.05, 0) is 25.5 Å². The number of benzene rings is 1. The van der Waals surface area contributed by atoms with Gasteiger partial charge in [-0.3, -0.25) is 14.5 Å². The Balaban J connectivity index is 1.81. The maximum atomic E-state index is 12.2. The Morgan fingerprint density at radius 2 is 1.63 bits per heavy atom. The summed E-state index contributed by atoms with van der Waals surface area (Å²) in [6.45, 7) is 4.29. The number of carbonyl (C=O) groups is 2. The van der Waals surface area contributed by atoms with Crippen LogP contribution < -0.4 is 0 Å². The monoisotopic (exact) mass is 260 g/mol. The molecule has 0 spiro atoms. The molecule has 2 amide bonds. The van der Waals surface area contributed by atoms with Gasteiger partial charge in [-0.15, -0.1) is 0 Å². The quantitative estimate of drug-likeness (QED) is 0.751. The zero-order chi connectivity index (χ0) is 13.4. The second-order valence-corrected chi connectivity index (χ2v) is 4.56. The van der Waals surface area contributed by atoms with Crippen LogP contribution in [0.4, 0.5) is 0 Å². The van der Waals surface area contributed by atoms with E-state index in [0.29, 0.717) is 30.8 Å². The van der Waals surface area contributed by atoms with Crippen LogP contribution in [0.5, 0.6) is 0 Å². The van der Waals surface area contributed by atoms with E-state index in [4.69, 9.17) is 9.47 Å². The van der Waals surface area contributed by atoms with Crippen molar-refractivity contribution in [2.45, 2.75) is 18.8 Å². The highest BCUT2D eigenvalue weighted by molar-refractivity contribution is 6.21. The Bertz CT molecular complexity index is 485. The van der Waals surface area contributed by atoms with E-state index in [-0.39, 0.29) is 24.1 Å². The maximum absolute atomic E-state index is 12.2. The summed E-state index contributed by atoms with van der Waals surface area (Å²) in [5, 5.41) is 0. The number of amides is 2. The second kappa shape index (κ2) is 4.75. The molecule has 5 heteroatoms. The molecule has 3 rings (SSSR count). The van der Waals surface area contributed by atoms with Crippen molar-refractivity contribution in [2.75, 3.05) is 13.2 Å². The van der Waals surface area contributed by atoms with Crippen molar-refractivity contribution < 1.29 is 19.1 Å². The lowest BCUT2D eigenvalue weighted by Gasteiger charge is -2.33. The minimum Gasteiger partial charge on any atom is -0.350 e. The molecule has 1 aromatic rings. The average Bonchev–Trinajstić information content (AvgIpc) is 2.72. The first-order valence-corrected chi connectivity index (χ1v) is 6.21. The van der Waals surface area contributed by atoms with Gasteiger partial charge in [-0.25, -0.2) is 0 Å². The van der Waals surface area contributed by atoms with Crippen molar-refractivity contribution in [3.8, 4) is 0 Å². The highest BCUT2D eigenvalue weighted by Gasteiger charge is 2.41. The fourth-order valence-electron chi connectivity index (χ4n) is 2.39. The summed E-state index contributed by atoms with van der Waals surface area (Å²) in [4.78, 5) is 25.7. The highest BCUT2D eigenvalue weighted by atomic mass is 16.7. The molecule has 0 aromatic heterocycles. The number of nitrogens with zero attached hydrogens (tertiary/aromatic N) is 1. The Labute approximate surface area is 111 Å². The normalized spacial score (nSPS) is 26.7. The zero-order valence-corrected chi connectivity index (χ0v) is 10.4. The molecule has 99 valence electrons. The zero-order valence-electron chi connectivity index (χ0n) is 10.4. The molecular weight excluding hydrogens is 246 g/mol. The molecule has 2 aliphatic heterocycles. The Hall–Kier alpha value is -1.72. The maximum Gasteiger partial charge on any atom is 0.261 e. The van der Waals surface area contributed by atoms with Gasteiger partial charge < -0.3 is 9.47 Å². The minimum atomic E-state index is -0.366. The molecule has 1 saturated heterocycles. The molecule has 2 heterocycles. The van der Waals surface area contributed by atoms with Crippen molar-refractivity contribution in [3.05, 3.63) is 42.3 Å². The fraction of sp³-hybridized carbons (Fsp3) is 0.357. The van der Waals surface area contributed by atoms with Crippen molar-refractivity contribution in [3.63, 3.8) is 0 Å². The molecule has 0 bridgehead atoms. The van der Waals surface area contributed by atoms with Crippen LogP contribution in [0.15, 0.2) is 24.3 Å². The average molecular weight is 260 g/mol. The molecule has 1 aromatic carbocycles. The lowest BCUT2D eigenvalue weighted by Crippen LogP contribution is -2.49. The summed E-state index contributed by atoms with van der Waals surface area (Å²) >= 11 is 0. The fourth-order valence-corrected chi connectivity index (χ4v) is 2.39. The molecule has 1 radical (unpaired) electrons. The van der Waals surface area contributed by atoms with Crippen LogP contribution in [0.1, 0.15) is 27.1 Å². The Morgan fingerprint density at radius 3 is 2.11 bits per heavy atom. The van der Waals surface area contributed by atoms with E-state index in [1.807, 2.05) is 0 Å². The topological polar surface area (TPSA) is 55.8 Å². The van der Waals surface area contributed by atoms with Crippen LogP contribution in [0.3, 0.4) is 0 Å². The molecule has 0 atom stereocenters. The van der Waals surface area contributed by atoms with Crippen LogP contribution >= 0.6 is 0 Å². The van der Waals surface area contributed by atoms with Gasteiger partial charge in [0.15, 0.2) is 6.29 Å². The summed E-state index contributed by atoms with van der Waals surface area (Å²) in [5.74, 6) is -0.545. The van der Waals surface area contributed by atoms with Crippen LogP contribution in [-0.4, -0.2) is 42.3 Å². The van der Waals surface area contributed by atoms with Gasteiger partial charge in [-0.1, -0.05) is 12.1 Å². The third-order valence-electron chi connectivity index (χ3n) is 3.38. The van der Waals surface area contributed by atoms with Crippen LogP contribution in [0, 0.1) is 6.92 Å². The standard InChI is InChI=1S/C14H14NO4/c1-2-12-18-7-9(8-19-12)15-13(16)10-5-3-4-6-11(10)14(15)17/h3-6,9,12H,1-2,7-8H2. The third-order valence-corrected chi connectivity index (χ3v) is 3.38. The van der Waals surface area contributed by atoms with Gasteiger partial charge in [0.2, 0.25) is 0 Å². The van der Waals surface area contributed by atoms with Gasteiger partial charge in [0.25, 0.3) is 11.8 Å². The summed E-state index contributed by atoms with van der Waals surface area (Å²) in [7, 11) is 0. The number of rotatable bonds is 2. The van der Waals surface area contributed by atoms with E-state index < -0.39 is 0 Å². The largest absolute Gasteiger partial charge is 0.350 e. The van der Waals surface area contributed by atoms with Crippen LogP contribution in [0.2, 0.25) is 0 Å². The third kappa shape index (κ3) is 1.95. The number of fused-ring (bicyclic) bond motifs is 1. The minimum absolute atomic E-state index is 0.272. The summed E-state index contributed by atoms with van der Waals surface area (Å²) < 4.78 is 10.8. The summed E-state index contributed by atoms with van der Waals surface area (Å²) in [6.07, 6.45) is 0.168. The SMILES string of the molecule is [CH2]CC1OCC(N2C(=O)c3ccccc3C2=O)CO1. The van der Waals surface area contributed by atoms with Gasteiger partial charge in [0, 0.05) is 0 Å². The van der Waals surface area contributed by atoms with Crippen molar-refractivity contribution in [1.82, 2.24) is 4.90 Å². The smallest absolute Gasteiger partial charge is 0.261 e. The second-order valence-electron chi connectivity index (χ2n) is 4.56. The van der Waals surface area contributed by atoms with Crippen LogP contribution in [0.25, 0.3) is 0 Å². The molecule has 1 fully saturated rings. The van der Waals surface area contributed by atoms with Gasteiger partial charge >= 0.3 is 0 Å². The van der Waals surface area contributed by atoms with E-state index in [0.717, 1.165) is 0 Å². The lowest BCUT2D eigenvalue weighted by molar-refractivity contribution is -0.195. The first-order chi connectivity index (χ1) is 9.22. The lowest BCUT2D eigenvalue weighted by atomic mass is 10.1. The number of imide groups is 1. The molecule has 2 aliphatic rings. The molecule has 0 unspecified atom stereocenters. The van der Waals surface area contributed by atoms with Crippen LogP contribution in [-0.2, 0) is 9.47 Å². The van der Waals surface area contributed by atoms with Gasteiger partial charge in [0.05, 0.1) is 30.4 Å². The predicted molar refractivity (Wildman–Crippen MR) is 66.4 cm³/mol. The van der Waals surface area contributed by atoms with Gasteiger partial charge in [0.1, 0.15) is 0 Å². The Kier molecular flexibility index (Phi) is 3.08. The van der Waals surface area contributed by atoms with Crippen molar-refractivity contribution in [1.29, 1.82) is 0 Å². The number of carbonyl (C=O) groups excluding carboxylic acids is 2. The van der Waals surface area contributed by atoms with E-state index in [1.54, 1.807) is 24.3 Å². The van der Waals surface area contributed by atoms with Crippen molar-refractivity contribution >= 4 is 11.8 Å². The van der Waals surface area contributed by atoms with E-state index in [9.17, 15) is 9.59 Å². The molecule has 19 heavy (non-hydrogen) atoms. The molecular formula is C14H14NO4. The van der Waals surface area contributed by atoms with Crippen molar-refractivity contribution in [2.24, 2.45) is 0 Å². The number of ether oxygens (including phenoxy) is 2. The summed E-state index contributed by atoms with van der Waals surface area (Å²) in [5.41, 5.74) is 0.901. The predicted octanol–water partition coefficient (Wildman–Crippen LogP) is 1.25.